The number of aliphatic hydroxyl groups is 3. The average Bonchev–Trinajstić information content (AvgIpc) is 1.57. The zero-order valence-electron chi connectivity index (χ0n) is 76.6. The number of aliphatic carboxylic acids is 1. The van der Waals surface area contributed by atoms with Crippen molar-refractivity contribution in [3.8, 4) is 33.4 Å². The quantitative estimate of drug-likeness (QED) is 0.0178. The van der Waals surface area contributed by atoms with E-state index in [9.17, 15) is 64.5 Å². The van der Waals surface area contributed by atoms with E-state index < -0.39 is 69.6 Å². The summed E-state index contributed by atoms with van der Waals surface area (Å²) < 4.78 is 15.5. The Morgan fingerprint density at radius 2 is 0.637 bits per heavy atom. The van der Waals surface area contributed by atoms with Crippen LogP contribution in [0.2, 0.25) is 20.1 Å². The van der Waals surface area contributed by atoms with Gasteiger partial charge >= 0.3 is 5.97 Å². The highest BCUT2D eigenvalue weighted by Crippen LogP contribution is 2.52. The number of rotatable bonds is 26. The fraction of sp³-hybridized carbons (Fsp3) is 0.337. The molecule has 710 valence electrons. The predicted octanol–water partition coefficient (Wildman–Crippen LogP) is 12.8. The summed E-state index contributed by atoms with van der Waals surface area (Å²) in [6, 6.07) is 65.1. The SMILES string of the molecule is CC(C)(C)OC([O-])=NCc1ccc(Cl)cc1CN.CC(C)(C)OC([O-])=NCc1ccc(Cl)cc1CNC(=O)CN(C(=O)C1(O)c2ccccc2-c2ccccc21)C1CC1.CC(C)(C)OC([O-])=NCc1ccc(Cl)cc1CNC(=O)CNC1CC1.NCc1ccc(Cl)cc1CNC(=O)CN(C(=O)C1(O)c2ccccc2-c2ccccc21)C1CC1.O=C(O)C1(O)c2ccccc2-c2ccccc21. The van der Waals surface area contributed by atoms with Gasteiger partial charge in [0.05, 0.1) is 39.3 Å². The Morgan fingerprint density at radius 1 is 0.378 bits per heavy atom. The van der Waals surface area contributed by atoms with Gasteiger partial charge in [-0.25, -0.2) is 4.79 Å². The molecule has 0 aromatic heterocycles. The van der Waals surface area contributed by atoms with Crippen LogP contribution in [0.4, 0.5) is 0 Å². The number of carboxylic acids is 1. The van der Waals surface area contributed by atoms with Crippen LogP contribution in [-0.4, -0.2) is 139 Å². The molecule has 0 atom stereocenters. The molecule has 3 saturated carbocycles. The molecule has 0 unspecified atom stereocenters. The van der Waals surface area contributed by atoms with Crippen molar-refractivity contribution < 1.29 is 78.7 Å². The molecular formula is C104H112Cl4N11O16-3. The van der Waals surface area contributed by atoms with Crippen molar-refractivity contribution >= 4 is 100 Å². The normalized spacial score (nSPS) is 15.0. The third kappa shape index (κ3) is 26.1. The number of carboxylic acid groups (broad SMARTS) is 1. The molecule has 10 aromatic carbocycles. The number of nitrogens with zero attached hydrogens (tertiary/aromatic N) is 5. The molecular weight excluding hydrogens is 1800 g/mol. The van der Waals surface area contributed by atoms with Crippen molar-refractivity contribution in [3.05, 3.63) is 316 Å². The maximum Gasteiger partial charge on any atom is 0.345 e. The maximum atomic E-state index is 14.1. The second kappa shape index (κ2) is 44.0. The molecule has 0 spiro atoms. The van der Waals surface area contributed by atoms with Crippen molar-refractivity contribution in [2.75, 3.05) is 19.6 Å². The minimum atomic E-state index is -1.92. The molecule has 3 fully saturated rings. The van der Waals surface area contributed by atoms with Gasteiger partial charge in [-0.3, -0.25) is 38.9 Å². The molecule has 0 radical (unpaired) electrons. The minimum Gasteiger partial charge on any atom is -0.595 e. The van der Waals surface area contributed by atoms with Crippen LogP contribution in [0.25, 0.3) is 33.4 Å². The van der Waals surface area contributed by atoms with Gasteiger partial charge in [-0.05, 0) is 165 Å². The summed E-state index contributed by atoms with van der Waals surface area (Å²) in [6.07, 6.45) is 3.58. The number of hydrogen-bond donors (Lipinski definition) is 10. The number of fused-ring (bicyclic) bond motifs is 9. The van der Waals surface area contributed by atoms with Gasteiger partial charge in [0.15, 0.2) is 11.2 Å². The Balaban J connectivity index is 0.000000158. The van der Waals surface area contributed by atoms with Crippen LogP contribution in [0.3, 0.4) is 0 Å². The molecule has 0 aliphatic heterocycles. The van der Waals surface area contributed by atoms with E-state index in [-0.39, 0.29) is 75.6 Å². The molecule has 6 aliphatic carbocycles. The summed E-state index contributed by atoms with van der Waals surface area (Å²) in [7, 11) is 0. The lowest BCUT2D eigenvalue weighted by Crippen LogP contribution is -2.51. The lowest BCUT2D eigenvalue weighted by Gasteiger charge is -2.32. The number of benzene rings is 10. The summed E-state index contributed by atoms with van der Waals surface area (Å²) >= 11 is 24.2. The highest BCUT2D eigenvalue weighted by molar-refractivity contribution is 6.31. The third-order valence-electron chi connectivity index (χ3n) is 22.8. The number of ether oxygens (including phenoxy) is 3. The third-order valence-corrected chi connectivity index (χ3v) is 23.8. The number of hydrogen-bond acceptors (Lipinski definition) is 21. The van der Waals surface area contributed by atoms with Gasteiger partial charge in [-0.1, -0.05) is 279 Å². The van der Waals surface area contributed by atoms with Crippen LogP contribution in [0.15, 0.2) is 233 Å². The molecule has 10 aromatic rings. The lowest BCUT2D eigenvalue weighted by molar-refractivity contribution is -0.261. The number of halogens is 4. The summed E-state index contributed by atoms with van der Waals surface area (Å²) in [5.41, 5.74) is 18.5. The van der Waals surface area contributed by atoms with Gasteiger partial charge in [-0.15, -0.1) is 0 Å². The van der Waals surface area contributed by atoms with Gasteiger partial charge in [0.2, 0.25) is 23.3 Å². The molecule has 0 heterocycles. The molecule has 6 aliphatic rings. The summed E-state index contributed by atoms with van der Waals surface area (Å²) in [6.45, 7) is 18.0. The Morgan fingerprint density at radius 3 is 0.911 bits per heavy atom. The van der Waals surface area contributed by atoms with Crippen LogP contribution in [0, 0.1) is 0 Å². The first-order chi connectivity index (χ1) is 64.1. The molecule has 5 amide bonds. The number of aliphatic imine (C=N–C) groups is 3. The second-order valence-electron chi connectivity index (χ2n) is 36.5. The first-order valence-corrected chi connectivity index (χ1v) is 46.0. The highest BCUT2D eigenvalue weighted by Gasteiger charge is 2.54. The fourth-order valence-electron chi connectivity index (χ4n) is 15.9. The van der Waals surface area contributed by atoms with E-state index in [1.807, 2.05) is 97.1 Å². The molecule has 0 bridgehead atoms. The van der Waals surface area contributed by atoms with Crippen molar-refractivity contribution in [1.29, 1.82) is 0 Å². The van der Waals surface area contributed by atoms with Crippen molar-refractivity contribution in [2.24, 2.45) is 26.4 Å². The van der Waals surface area contributed by atoms with Gasteiger partial charge in [0.25, 0.3) is 11.8 Å². The molecule has 12 N–H and O–H groups in total. The van der Waals surface area contributed by atoms with E-state index in [4.69, 9.17) is 72.1 Å². The van der Waals surface area contributed by atoms with E-state index in [1.54, 1.807) is 184 Å². The molecule has 135 heavy (non-hydrogen) atoms. The largest absolute Gasteiger partial charge is 0.595 e. The van der Waals surface area contributed by atoms with Crippen LogP contribution >= 0.6 is 46.4 Å². The molecule has 0 saturated heterocycles. The van der Waals surface area contributed by atoms with Crippen LogP contribution < -0.4 is 48.1 Å². The number of carbonyl (C=O) groups excluding carboxylic acids is 5. The summed E-state index contributed by atoms with van der Waals surface area (Å²) in [4.78, 5) is 92.1. The Bertz CT molecular complexity index is 5960. The second-order valence-corrected chi connectivity index (χ2v) is 38.2. The zero-order chi connectivity index (χ0) is 97.5. The first-order valence-electron chi connectivity index (χ1n) is 44.5. The highest BCUT2D eigenvalue weighted by atomic mass is 35.5. The number of nitrogens with two attached hydrogens (primary N) is 2. The number of carbonyl (C=O) groups is 6. The molecule has 31 heteroatoms. The lowest BCUT2D eigenvalue weighted by atomic mass is 9.89. The zero-order valence-corrected chi connectivity index (χ0v) is 79.7. The van der Waals surface area contributed by atoms with E-state index in [1.165, 1.54) is 9.80 Å². The van der Waals surface area contributed by atoms with E-state index in [0.29, 0.717) is 96.8 Å². The average molecular weight is 1910 g/mol. The Labute approximate surface area is 805 Å². The van der Waals surface area contributed by atoms with Crippen LogP contribution in [0.1, 0.15) is 179 Å². The van der Waals surface area contributed by atoms with Gasteiger partial charge < -0.3 is 92.5 Å². The van der Waals surface area contributed by atoms with Gasteiger partial charge in [0, 0.05) is 121 Å². The topological polar surface area (TPSA) is 424 Å². The van der Waals surface area contributed by atoms with Crippen molar-refractivity contribution in [3.63, 3.8) is 0 Å². The number of nitrogens with one attached hydrogen (secondary N) is 4. The standard InChI is InChI=1S/C32H34ClN3O5.C27H26ClN3O3.C18H26ClN3O3.C14H10O3.C13H19ClN2O2/c1-31(2,3)41-30(39)35-17-20-12-13-22(33)16-21(20)18-34-28(37)19-36(23-14-15-23)29(38)32(40)26-10-6-4-8-24(26)25-9-5-7-11-27(25)32;28-19-10-9-17(14-29)18(13-19)15-30-25(32)16-31(20-11-12-20)26(33)27(34)23-7-3-1-5-21(23)22-6-2-4-8-24(22)27;1-18(2,3)25-17(24)22-9-12-4-5-14(19)8-13(12)10-21-16(23)11-20-15-6-7-15;15-13(16)14(17)11-7-3-1-5-9(11)10-6-2-4-8-12(10)14;1-13(2,3)18-12(17)16-8-9-4-5-11(14)6-10(9)7-15/h4-13,16,23,40H,14-15,17-19H2,1-3H3,(H,34,37)(H,35,39);1-10,13,20,34H,11-12,14-16,29H2,(H,30,32);4-5,8,15,20H,6-7,9-11H2,1-3H3,(H,21,23)(H,22,24);1-8,17H,(H,15,16);4-6H,7-8,15H2,1-3H3,(H,16,17)/p-3. The van der Waals surface area contributed by atoms with E-state index in [2.05, 4.69) is 36.2 Å². The van der Waals surface area contributed by atoms with E-state index in [0.717, 1.165) is 105 Å². The minimum absolute atomic E-state index is 0.0621. The monoisotopic (exact) mass is 1910 g/mol. The van der Waals surface area contributed by atoms with Crippen LogP contribution in [0.5, 0.6) is 0 Å². The van der Waals surface area contributed by atoms with Crippen molar-refractivity contribution in [1.82, 2.24) is 31.1 Å². The van der Waals surface area contributed by atoms with E-state index >= 15 is 0 Å². The molecule has 16 rings (SSSR count). The smallest absolute Gasteiger partial charge is 0.345 e. The maximum absolute atomic E-state index is 14.1. The fourth-order valence-corrected chi connectivity index (χ4v) is 16.7. The Kier molecular flexibility index (Phi) is 33.2. The summed E-state index contributed by atoms with van der Waals surface area (Å²) in [5.74, 6) is -2.95. The summed E-state index contributed by atoms with van der Waals surface area (Å²) in [5, 5.41) is 92.9. The van der Waals surface area contributed by atoms with Gasteiger partial charge in [0.1, 0.15) is 18.3 Å². The molecule has 27 nitrogen and oxygen atoms in total. The Hall–Kier alpha value is -12.3. The van der Waals surface area contributed by atoms with Crippen molar-refractivity contribution in [2.45, 2.75) is 205 Å². The predicted molar refractivity (Wildman–Crippen MR) is 516 cm³/mol. The first kappa shape index (κ1) is 102. The van der Waals surface area contributed by atoms with Gasteiger partial charge in [-0.2, -0.15) is 0 Å². The van der Waals surface area contributed by atoms with Crippen LogP contribution in [-0.2, 0) is 112 Å². The number of amides is 5.